The third-order valence-corrected chi connectivity index (χ3v) is 3.35. The van der Waals surface area contributed by atoms with Gasteiger partial charge in [0.25, 0.3) is 5.56 Å². The second-order valence-corrected chi connectivity index (χ2v) is 5.01. The van der Waals surface area contributed by atoms with Crippen LogP contribution in [0.2, 0.25) is 0 Å². The molecule has 0 spiro atoms. The average Bonchev–Trinajstić information content (AvgIpc) is 2.33. The Hall–Kier alpha value is -1.20. The van der Waals surface area contributed by atoms with Crippen molar-refractivity contribution in [2.45, 2.75) is 20.0 Å². The second kappa shape index (κ2) is 5.20. The van der Waals surface area contributed by atoms with Crippen LogP contribution in [-0.2, 0) is 11.8 Å². The first-order chi connectivity index (χ1) is 8.54. The highest BCUT2D eigenvalue weighted by atomic mass is 79.9. The number of fused-ring (bicyclic) bond motifs is 1. The Balaban J connectivity index is 2.69. The topological polar surface area (TPSA) is 44.1 Å². The van der Waals surface area contributed by atoms with E-state index >= 15 is 0 Å². The zero-order chi connectivity index (χ0) is 13.3. The van der Waals surface area contributed by atoms with Crippen molar-refractivity contribution in [2.24, 2.45) is 7.05 Å². The summed E-state index contributed by atoms with van der Waals surface area (Å²) in [5, 5.41) is 0.619. The summed E-state index contributed by atoms with van der Waals surface area (Å²) in [5.74, 6) is 0.646. The molecule has 2 aromatic rings. The van der Waals surface area contributed by atoms with Gasteiger partial charge in [-0.05, 0) is 32.0 Å². The lowest BCUT2D eigenvalue weighted by Gasteiger charge is -2.15. The number of hydrogen-bond acceptors (Lipinski definition) is 3. The Morgan fingerprint density at radius 1 is 1.50 bits per heavy atom. The van der Waals surface area contributed by atoms with Crippen LogP contribution in [0.15, 0.2) is 27.5 Å². The predicted octanol–water partition coefficient (Wildman–Crippen LogP) is 2.79. The van der Waals surface area contributed by atoms with Gasteiger partial charge < -0.3 is 4.74 Å². The fourth-order valence-electron chi connectivity index (χ4n) is 1.95. The smallest absolute Gasteiger partial charge is 0.261 e. The molecule has 18 heavy (non-hydrogen) atoms. The van der Waals surface area contributed by atoms with Gasteiger partial charge in [-0.1, -0.05) is 15.9 Å². The van der Waals surface area contributed by atoms with Crippen molar-refractivity contribution in [3.8, 4) is 0 Å². The fraction of sp³-hybridized carbons (Fsp3) is 0.385. The molecule has 0 bridgehead atoms. The highest BCUT2D eigenvalue weighted by molar-refractivity contribution is 9.10. The molecule has 0 aliphatic heterocycles. The van der Waals surface area contributed by atoms with Crippen molar-refractivity contribution in [3.05, 3.63) is 38.9 Å². The second-order valence-electron chi connectivity index (χ2n) is 4.09. The maximum absolute atomic E-state index is 12.2. The third kappa shape index (κ3) is 2.33. The number of benzene rings is 1. The molecule has 4 nitrogen and oxygen atoms in total. The van der Waals surface area contributed by atoms with Crippen LogP contribution in [0.3, 0.4) is 0 Å². The van der Waals surface area contributed by atoms with Crippen LogP contribution in [0.25, 0.3) is 10.9 Å². The van der Waals surface area contributed by atoms with E-state index in [0.29, 0.717) is 23.3 Å². The summed E-state index contributed by atoms with van der Waals surface area (Å²) >= 11 is 3.39. The quantitative estimate of drug-likeness (QED) is 0.875. The maximum atomic E-state index is 12.2. The minimum absolute atomic E-state index is 0.0472. The lowest BCUT2D eigenvalue weighted by atomic mass is 10.2. The van der Waals surface area contributed by atoms with Crippen LogP contribution in [0.1, 0.15) is 25.8 Å². The summed E-state index contributed by atoms with van der Waals surface area (Å²) in [6.07, 6.45) is -0.198. The number of halogens is 1. The van der Waals surface area contributed by atoms with Crippen molar-refractivity contribution in [1.29, 1.82) is 0 Å². The molecule has 0 aliphatic carbocycles. The molecule has 0 amide bonds. The lowest BCUT2D eigenvalue weighted by Crippen LogP contribution is -2.24. The van der Waals surface area contributed by atoms with Gasteiger partial charge in [0.2, 0.25) is 0 Å². The molecular weight excluding hydrogens is 296 g/mol. The summed E-state index contributed by atoms with van der Waals surface area (Å²) in [7, 11) is 1.72. The zero-order valence-electron chi connectivity index (χ0n) is 10.6. The predicted molar refractivity (Wildman–Crippen MR) is 74.7 cm³/mol. The first kappa shape index (κ1) is 13.2. The Morgan fingerprint density at radius 2 is 2.22 bits per heavy atom. The average molecular weight is 311 g/mol. The molecule has 0 radical (unpaired) electrons. The van der Waals surface area contributed by atoms with Crippen LogP contribution >= 0.6 is 15.9 Å². The van der Waals surface area contributed by atoms with E-state index in [1.54, 1.807) is 17.7 Å². The van der Waals surface area contributed by atoms with Gasteiger partial charge in [0.05, 0.1) is 10.9 Å². The van der Waals surface area contributed by atoms with Gasteiger partial charge in [-0.15, -0.1) is 0 Å². The Labute approximate surface area is 114 Å². The molecule has 0 fully saturated rings. The Morgan fingerprint density at radius 3 is 2.89 bits per heavy atom. The van der Waals surface area contributed by atoms with Gasteiger partial charge in [0, 0.05) is 18.1 Å². The lowest BCUT2D eigenvalue weighted by molar-refractivity contribution is 0.0673. The normalized spacial score (nSPS) is 12.9. The van der Waals surface area contributed by atoms with E-state index < -0.39 is 0 Å². The fourth-order valence-corrected chi connectivity index (χ4v) is 2.30. The minimum atomic E-state index is -0.198. The molecule has 96 valence electrons. The van der Waals surface area contributed by atoms with Gasteiger partial charge in [0.15, 0.2) is 0 Å². The van der Waals surface area contributed by atoms with Crippen LogP contribution in [-0.4, -0.2) is 16.2 Å². The molecule has 1 atom stereocenters. The van der Waals surface area contributed by atoms with Gasteiger partial charge in [0.1, 0.15) is 11.9 Å². The van der Waals surface area contributed by atoms with Gasteiger partial charge in [-0.3, -0.25) is 9.36 Å². The highest BCUT2D eigenvalue weighted by Crippen LogP contribution is 2.19. The Bertz CT molecular complexity index is 637. The van der Waals surface area contributed by atoms with Gasteiger partial charge >= 0.3 is 0 Å². The molecule has 0 N–H and O–H groups in total. The number of ether oxygens (including phenoxy) is 1. The van der Waals surface area contributed by atoms with Crippen molar-refractivity contribution in [1.82, 2.24) is 9.55 Å². The number of rotatable bonds is 3. The molecule has 1 unspecified atom stereocenters. The van der Waals surface area contributed by atoms with E-state index in [1.807, 2.05) is 26.0 Å². The monoisotopic (exact) mass is 310 g/mol. The molecule has 5 heteroatoms. The molecule has 0 aliphatic rings. The number of hydrogen-bond donors (Lipinski definition) is 0. The first-order valence-corrected chi connectivity index (χ1v) is 6.61. The van der Waals surface area contributed by atoms with Crippen LogP contribution < -0.4 is 5.56 Å². The Kier molecular flexibility index (Phi) is 3.82. The van der Waals surface area contributed by atoms with Crippen LogP contribution in [0, 0.1) is 0 Å². The maximum Gasteiger partial charge on any atom is 0.261 e. The summed E-state index contributed by atoms with van der Waals surface area (Å²) in [4.78, 5) is 16.7. The van der Waals surface area contributed by atoms with E-state index in [9.17, 15) is 4.79 Å². The van der Waals surface area contributed by atoms with Crippen LogP contribution in [0.5, 0.6) is 0 Å². The van der Waals surface area contributed by atoms with Crippen LogP contribution in [0.4, 0.5) is 0 Å². The van der Waals surface area contributed by atoms with E-state index in [4.69, 9.17) is 4.74 Å². The SMILES string of the molecule is CCOC(C)c1nc2cc(Br)ccc2c(=O)n1C. The number of nitrogens with zero attached hydrogens (tertiary/aromatic N) is 2. The first-order valence-electron chi connectivity index (χ1n) is 5.82. The minimum Gasteiger partial charge on any atom is -0.371 e. The van der Waals surface area contributed by atoms with E-state index in [1.165, 1.54) is 0 Å². The van der Waals surface area contributed by atoms with Crippen molar-refractivity contribution in [3.63, 3.8) is 0 Å². The standard InChI is InChI=1S/C13H15BrN2O2/c1-4-18-8(2)12-15-11-7-9(14)5-6-10(11)13(17)16(12)3/h5-8H,4H2,1-3H3. The zero-order valence-corrected chi connectivity index (χ0v) is 12.2. The van der Waals surface area contributed by atoms with E-state index in [0.717, 1.165) is 4.47 Å². The molecule has 1 heterocycles. The van der Waals surface area contributed by atoms with Crippen molar-refractivity contribution >= 4 is 26.8 Å². The summed E-state index contributed by atoms with van der Waals surface area (Å²) in [6.45, 7) is 4.41. The highest BCUT2D eigenvalue weighted by Gasteiger charge is 2.14. The molecule has 0 saturated carbocycles. The molecule has 1 aromatic heterocycles. The van der Waals surface area contributed by atoms with Gasteiger partial charge in [-0.2, -0.15) is 0 Å². The summed E-state index contributed by atoms with van der Waals surface area (Å²) < 4.78 is 7.97. The molecule has 1 aromatic carbocycles. The molecule has 0 saturated heterocycles. The largest absolute Gasteiger partial charge is 0.371 e. The van der Waals surface area contributed by atoms with Gasteiger partial charge in [-0.25, -0.2) is 4.98 Å². The summed E-state index contributed by atoms with van der Waals surface area (Å²) in [5.41, 5.74) is 0.642. The molecule has 2 rings (SSSR count). The summed E-state index contributed by atoms with van der Waals surface area (Å²) in [6, 6.07) is 5.47. The number of aromatic nitrogens is 2. The van der Waals surface area contributed by atoms with Crippen molar-refractivity contribution < 1.29 is 4.74 Å². The van der Waals surface area contributed by atoms with Crippen molar-refractivity contribution in [2.75, 3.05) is 6.61 Å². The molecular formula is C13H15BrN2O2. The van der Waals surface area contributed by atoms with E-state index in [2.05, 4.69) is 20.9 Å². The third-order valence-electron chi connectivity index (χ3n) is 2.85. The van der Waals surface area contributed by atoms with E-state index in [-0.39, 0.29) is 11.7 Å².